The summed E-state index contributed by atoms with van der Waals surface area (Å²) < 4.78 is 45.6. The number of hydrogen-bond acceptors (Lipinski definition) is 2. The van der Waals surface area contributed by atoms with Crippen molar-refractivity contribution in [3.63, 3.8) is 0 Å². The second-order valence-electron chi connectivity index (χ2n) is 5.17. The first kappa shape index (κ1) is 14.3. The lowest BCUT2D eigenvalue weighted by Crippen LogP contribution is -2.48. The number of alkyl halides is 3. The van der Waals surface area contributed by atoms with E-state index >= 15 is 0 Å². The molecule has 1 heterocycles. The van der Waals surface area contributed by atoms with Crippen LogP contribution in [0, 0.1) is 17.8 Å². The van der Waals surface area contributed by atoms with Crippen molar-refractivity contribution in [3.05, 3.63) is 34.3 Å². The Balaban J connectivity index is 2.22. The smallest absolute Gasteiger partial charge is 0.431 e. The van der Waals surface area contributed by atoms with Crippen LogP contribution in [0.5, 0.6) is 0 Å². The number of cyclic esters (lactones) is 1. The molecular weight excluding hydrogens is 305 g/mol. The van der Waals surface area contributed by atoms with Gasteiger partial charge in [-0.05, 0) is 36.5 Å². The minimum absolute atomic E-state index is 0.0486. The molecule has 0 spiro atoms. The third kappa shape index (κ3) is 2.49. The van der Waals surface area contributed by atoms with Crippen LogP contribution in [0.25, 0.3) is 0 Å². The van der Waals surface area contributed by atoms with Gasteiger partial charge in [-0.2, -0.15) is 13.2 Å². The highest BCUT2D eigenvalue weighted by atomic mass is 35.5. The summed E-state index contributed by atoms with van der Waals surface area (Å²) in [6.45, 7) is 0. The maximum absolute atomic E-state index is 13.6. The molecule has 0 amide bonds. The molecule has 1 aromatic carbocycles. The number of carbonyl (C=O) groups is 1. The van der Waals surface area contributed by atoms with E-state index in [1.165, 1.54) is 18.2 Å². The highest BCUT2D eigenvalue weighted by Crippen LogP contribution is 2.47. The van der Waals surface area contributed by atoms with E-state index in [1.54, 1.807) is 0 Å². The maximum atomic E-state index is 13.6. The summed E-state index contributed by atoms with van der Waals surface area (Å²) in [7, 11) is 0. The van der Waals surface area contributed by atoms with E-state index in [2.05, 4.69) is 11.8 Å². The van der Waals surface area contributed by atoms with Crippen LogP contribution < -0.4 is 0 Å². The summed E-state index contributed by atoms with van der Waals surface area (Å²) in [5.74, 6) is 3.75. The van der Waals surface area contributed by atoms with Crippen LogP contribution in [0.15, 0.2) is 18.2 Å². The third-order valence-electron chi connectivity index (χ3n) is 3.48. The number of hydrogen-bond donors (Lipinski definition) is 0. The molecule has 0 radical (unpaired) electrons. The van der Waals surface area contributed by atoms with Gasteiger partial charge in [0.25, 0.3) is 5.60 Å². The molecule has 3 rings (SSSR count). The molecule has 0 bridgehead atoms. The molecule has 110 valence electrons. The number of benzene rings is 1. The molecule has 0 N–H and O–H groups in total. The van der Waals surface area contributed by atoms with E-state index in [-0.39, 0.29) is 28.5 Å². The minimum atomic E-state index is -4.83. The van der Waals surface area contributed by atoms with Gasteiger partial charge in [-0.15, -0.1) is 0 Å². The second-order valence-corrected chi connectivity index (χ2v) is 5.61. The number of carbonyl (C=O) groups excluding carboxylic acids is 1. The van der Waals surface area contributed by atoms with Crippen LogP contribution in [0.3, 0.4) is 0 Å². The number of ether oxygens (including phenoxy) is 1. The Morgan fingerprint density at radius 1 is 1.33 bits per heavy atom. The van der Waals surface area contributed by atoms with Gasteiger partial charge in [0.2, 0.25) is 0 Å². The highest BCUT2D eigenvalue weighted by Gasteiger charge is 2.61. The molecule has 6 heteroatoms. The number of esters is 1. The highest BCUT2D eigenvalue weighted by molar-refractivity contribution is 6.30. The average Bonchev–Trinajstić information content (AvgIpc) is 3.19. The zero-order valence-corrected chi connectivity index (χ0v) is 11.5. The molecule has 1 aromatic rings. The lowest BCUT2D eigenvalue weighted by Gasteiger charge is -2.35. The van der Waals surface area contributed by atoms with Crippen molar-refractivity contribution in [1.29, 1.82) is 0 Å². The Kier molecular flexibility index (Phi) is 3.18. The molecule has 21 heavy (non-hydrogen) atoms. The third-order valence-corrected chi connectivity index (χ3v) is 3.72. The first-order valence-electron chi connectivity index (χ1n) is 6.42. The van der Waals surface area contributed by atoms with E-state index in [1.807, 2.05) is 0 Å². The summed E-state index contributed by atoms with van der Waals surface area (Å²) in [6.07, 6.45) is -3.49. The topological polar surface area (TPSA) is 26.3 Å². The van der Waals surface area contributed by atoms with Crippen LogP contribution in [-0.2, 0) is 21.6 Å². The Labute approximate surface area is 124 Å². The van der Waals surface area contributed by atoms with E-state index in [0.29, 0.717) is 0 Å². The van der Waals surface area contributed by atoms with Gasteiger partial charge in [0.05, 0.1) is 6.42 Å². The predicted molar refractivity (Wildman–Crippen MR) is 69.5 cm³/mol. The van der Waals surface area contributed by atoms with Crippen LogP contribution in [0.1, 0.15) is 24.0 Å². The van der Waals surface area contributed by atoms with E-state index < -0.39 is 17.7 Å². The van der Waals surface area contributed by atoms with E-state index in [9.17, 15) is 18.0 Å². The van der Waals surface area contributed by atoms with Crippen molar-refractivity contribution >= 4 is 17.6 Å². The van der Waals surface area contributed by atoms with Gasteiger partial charge in [-0.3, -0.25) is 4.79 Å². The van der Waals surface area contributed by atoms with E-state index in [0.717, 1.165) is 12.8 Å². The Bertz CT molecular complexity index is 668. The first-order chi connectivity index (χ1) is 9.82. The Morgan fingerprint density at radius 2 is 2.05 bits per heavy atom. The molecule has 1 atom stereocenters. The molecule has 2 nitrogen and oxygen atoms in total. The zero-order chi connectivity index (χ0) is 15.3. The van der Waals surface area contributed by atoms with Crippen molar-refractivity contribution in [2.45, 2.75) is 31.0 Å². The molecule has 1 saturated carbocycles. The second kappa shape index (κ2) is 4.67. The van der Waals surface area contributed by atoms with Gasteiger partial charge in [0.15, 0.2) is 0 Å². The maximum Gasteiger partial charge on any atom is 0.445 e. The van der Waals surface area contributed by atoms with Gasteiger partial charge >= 0.3 is 12.1 Å². The molecular formula is C15H10ClF3O2. The van der Waals surface area contributed by atoms with Crippen LogP contribution in [0.4, 0.5) is 13.2 Å². The Hall–Kier alpha value is -1.67. The van der Waals surface area contributed by atoms with Gasteiger partial charge in [0.1, 0.15) is 0 Å². The van der Waals surface area contributed by atoms with Gasteiger partial charge < -0.3 is 4.74 Å². The molecule has 2 aliphatic rings. The molecule has 0 saturated heterocycles. The van der Waals surface area contributed by atoms with Gasteiger partial charge in [-0.25, -0.2) is 0 Å². The van der Waals surface area contributed by atoms with Crippen LogP contribution in [0.2, 0.25) is 5.02 Å². The standard InChI is InChI=1S/C15H10ClF3O2/c16-11-4-3-10-7-13(20)21-14(12(10)8-11,15(17,18)19)6-5-9-1-2-9/h3-4,8-9H,1-2,7H2/t14-/m0/s1. The fourth-order valence-electron chi connectivity index (χ4n) is 2.25. The summed E-state index contributed by atoms with van der Waals surface area (Å²) in [5.41, 5.74) is -2.85. The fourth-order valence-corrected chi connectivity index (χ4v) is 2.43. The lowest BCUT2D eigenvalue weighted by molar-refractivity contribution is -0.256. The largest absolute Gasteiger partial charge is 0.445 e. The molecule has 1 fully saturated rings. The monoisotopic (exact) mass is 314 g/mol. The van der Waals surface area contributed by atoms with E-state index in [4.69, 9.17) is 16.3 Å². The average molecular weight is 315 g/mol. The summed E-state index contributed by atoms with van der Waals surface area (Å²) in [5, 5.41) is 0.147. The van der Waals surface area contributed by atoms with Crippen molar-refractivity contribution < 1.29 is 22.7 Å². The van der Waals surface area contributed by atoms with Crippen molar-refractivity contribution in [1.82, 2.24) is 0 Å². The number of fused-ring (bicyclic) bond motifs is 1. The number of rotatable bonds is 0. The predicted octanol–water partition coefficient (Wildman–Crippen LogP) is 3.61. The Morgan fingerprint density at radius 3 is 2.67 bits per heavy atom. The minimum Gasteiger partial charge on any atom is -0.431 e. The normalized spacial score (nSPS) is 24.7. The molecule has 0 unspecified atom stereocenters. The van der Waals surface area contributed by atoms with Crippen LogP contribution >= 0.6 is 11.6 Å². The summed E-state index contributed by atoms with van der Waals surface area (Å²) in [6, 6.07) is 4.05. The first-order valence-corrected chi connectivity index (χ1v) is 6.80. The fraction of sp³-hybridized carbons (Fsp3) is 0.400. The van der Waals surface area contributed by atoms with Crippen molar-refractivity contribution in [2.75, 3.05) is 0 Å². The summed E-state index contributed by atoms with van der Waals surface area (Å²) >= 11 is 5.81. The van der Waals surface area contributed by atoms with Gasteiger partial charge in [-0.1, -0.05) is 23.6 Å². The molecule has 0 aromatic heterocycles. The quantitative estimate of drug-likeness (QED) is 0.540. The van der Waals surface area contributed by atoms with Gasteiger partial charge in [0, 0.05) is 16.5 Å². The number of halogens is 4. The molecule has 1 aliphatic heterocycles. The van der Waals surface area contributed by atoms with Crippen molar-refractivity contribution in [3.8, 4) is 11.8 Å². The zero-order valence-electron chi connectivity index (χ0n) is 10.8. The van der Waals surface area contributed by atoms with Crippen LogP contribution in [-0.4, -0.2) is 12.1 Å². The summed E-state index contributed by atoms with van der Waals surface area (Å²) in [4.78, 5) is 11.6. The molecule has 1 aliphatic carbocycles. The SMILES string of the molecule is O=C1Cc2ccc(Cl)cc2[C@@](C#CC2CC2)(C(F)(F)F)O1. The van der Waals surface area contributed by atoms with Crippen molar-refractivity contribution in [2.24, 2.45) is 5.92 Å². The lowest BCUT2D eigenvalue weighted by atomic mass is 9.85.